The smallest absolute Gasteiger partial charge is 0.306 e. The zero-order valence-corrected chi connectivity index (χ0v) is 44.1. The van der Waals surface area contributed by atoms with Crippen molar-refractivity contribution in [1.29, 1.82) is 0 Å². The van der Waals surface area contributed by atoms with Crippen molar-refractivity contribution in [2.24, 2.45) is 17.8 Å². The van der Waals surface area contributed by atoms with Gasteiger partial charge in [0.2, 0.25) is 0 Å². The van der Waals surface area contributed by atoms with Crippen LogP contribution in [0.25, 0.3) is 0 Å². The highest BCUT2D eigenvalue weighted by Gasteiger charge is 2.19. The Balaban J connectivity index is 4.27. The van der Waals surface area contributed by atoms with Crippen LogP contribution in [0.2, 0.25) is 0 Å². The average Bonchev–Trinajstić information content (AvgIpc) is 3.25. The van der Waals surface area contributed by atoms with Gasteiger partial charge in [-0.25, -0.2) is 0 Å². The number of ether oxygens (including phenoxy) is 3. The molecule has 380 valence electrons. The lowest BCUT2D eigenvalue weighted by atomic mass is 10.0. The van der Waals surface area contributed by atoms with Gasteiger partial charge in [-0.3, -0.25) is 14.4 Å². The van der Waals surface area contributed by atoms with Crippen LogP contribution in [0, 0.1) is 17.8 Å². The Labute approximate surface area is 399 Å². The molecule has 0 heterocycles. The van der Waals surface area contributed by atoms with Gasteiger partial charge in [0.1, 0.15) is 13.2 Å². The number of carbonyl (C=O) groups is 3. The number of esters is 3. The van der Waals surface area contributed by atoms with Crippen molar-refractivity contribution < 1.29 is 28.6 Å². The lowest BCUT2D eigenvalue weighted by molar-refractivity contribution is -0.167. The Hall–Kier alpha value is -1.59. The summed E-state index contributed by atoms with van der Waals surface area (Å²) in [6, 6.07) is 0. The Bertz CT molecular complexity index is 991. The van der Waals surface area contributed by atoms with E-state index < -0.39 is 6.10 Å². The Kier molecular flexibility index (Phi) is 48.1. The monoisotopic (exact) mass is 905 g/mol. The van der Waals surface area contributed by atoms with Crippen molar-refractivity contribution in [2.75, 3.05) is 13.2 Å². The van der Waals surface area contributed by atoms with Crippen molar-refractivity contribution >= 4 is 17.9 Å². The van der Waals surface area contributed by atoms with Crippen molar-refractivity contribution in [1.82, 2.24) is 0 Å². The molecule has 0 aliphatic carbocycles. The topological polar surface area (TPSA) is 78.9 Å². The number of carbonyl (C=O) groups excluding carboxylic acids is 3. The molecule has 0 aliphatic rings. The summed E-state index contributed by atoms with van der Waals surface area (Å²) in [5.41, 5.74) is 0. The SMILES string of the molecule is CC(C)CCCCCCCCCCCCCCCCCC(=O)OC[C@@H](COC(=O)CCCCCCCCCCCCCCCC(C)C)OC(=O)CCCCCCCCCCCC(C)C. The van der Waals surface area contributed by atoms with Crippen LogP contribution >= 0.6 is 0 Å². The third kappa shape index (κ3) is 51.4. The lowest BCUT2D eigenvalue weighted by Crippen LogP contribution is -2.30. The number of hydrogen-bond donors (Lipinski definition) is 0. The van der Waals surface area contributed by atoms with Crippen molar-refractivity contribution in [3.63, 3.8) is 0 Å². The lowest BCUT2D eigenvalue weighted by Gasteiger charge is -2.18. The highest BCUT2D eigenvalue weighted by atomic mass is 16.6. The first-order valence-corrected chi connectivity index (χ1v) is 28.6. The van der Waals surface area contributed by atoms with Crippen LogP contribution in [-0.4, -0.2) is 37.2 Å². The summed E-state index contributed by atoms with van der Waals surface area (Å²) < 4.78 is 16.9. The fourth-order valence-corrected chi connectivity index (χ4v) is 8.82. The molecule has 0 fully saturated rings. The Morgan fingerprint density at radius 1 is 0.266 bits per heavy atom. The van der Waals surface area contributed by atoms with E-state index in [9.17, 15) is 14.4 Å². The second-order valence-electron chi connectivity index (χ2n) is 21.4. The first kappa shape index (κ1) is 62.4. The van der Waals surface area contributed by atoms with E-state index in [4.69, 9.17) is 14.2 Å². The maximum Gasteiger partial charge on any atom is 0.306 e. The molecule has 0 amide bonds. The largest absolute Gasteiger partial charge is 0.462 e. The molecular weight excluding hydrogens is 793 g/mol. The molecular formula is C58H112O6. The Morgan fingerprint density at radius 2 is 0.453 bits per heavy atom. The minimum atomic E-state index is -0.763. The van der Waals surface area contributed by atoms with E-state index in [0.29, 0.717) is 19.3 Å². The number of rotatable bonds is 51. The molecule has 0 aromatic heterocycles. The van der Waals surface area contributed by atoms with Crippen LogP contribution in [-0.2, 0) is 28.6 Å². The quantitative estimate of drug-likeness (QED) is 0.0344. The predicted molar refractivity (Wildman–Crippen MR) is 275 cm³/mol. The minimum Gasteiger partial charge on any atom is -0.462 e. The van der Waals surface area contributed by atoms with Gasteiger partial charge in [-0.2, -0.15) is 0 Å². The van der Waals surface area contributed by atoms with E-state index in [1.54, 1.807) is 0 Å². The van der Waals surface area contributed by atoms with Gasteiger partial charge in [0.15, 0.2) is 6.10 Å². The van der Waals surface area contributed by atoms with Crippen LogP contribution in [0.1, 0.15) is 318 Å². The van der Waals surface area contributed by atoms with Crippen LogP contribution in [0.3, 0.4) is 0 Å². The minimum absolute atomic E-state index is 0.0639. The zero-order valence-electron chi connectivity index (χ0n) is 44.1. The molecule has 0 N–H and O–H groups in total. The summed E-state index contributed by atoms with van der Waals surface area (Å²) in [5.74, 6) is 1.65. The summed E-state index contributed by atoms with van der Waals surface area (Å²) in [5, 5.41) is 0. The first-order chi connectivity index (χ1) is 31.1. The molecule has 6 heteroatoms. The summed E-state index contributed by atoms with van der Waals surface area (Å²) >= 11 is 0. The van der Waals surface area contributed by atoms with E-state index in [2.05, 4.69) is 41.5 Å². The normalized spacial score (nSPS) is 12.1. The molecule has 0 rings (SSSR count). The van der Waals surface area contributed by atoms with Crippen LogP contribution in [0.4, 0.5) is 0 Å². The molecule has 0 saturated heterocycles. The molecule has 0 aromatic rings. The fourth-order valence-electron chi connectivity index (χ4n) is 8.82. The van der Waals surface area contributed by atoms with Crippen molar-refractivity contribution in [3.05, 3.63) is 0 Å². The molecule has 64 heavy (non-hydrogen) atoms. The van der Waals surface area contributed by atoms with Crippen LogP contribution < -0.4 is 0 Å². The Morgan fingerprint density at radius 3 is 0.672 bits per heavy atom. The number of unbranched alkanes of at least 4 members (excludes halogenated alkanes) is 34. The standard InChI is InChI=1S/C58H112O6/c1-52(2)44-38-32-26-20-15-11-8-7-9-13-17-23-29-35-41-47-56(59)62-50-55(64-58(61)49-43-37-31-25-19-22-28-34-40-46-54(5)6)51-63-57(60)48-42-36-30-24-18-14-10-12-16-21-27-33-39-45-53(3)4/h52-55H,7-51H2,1-6H3/t55-/m0/s1. The average molecular weight is 906 g/mol. The second-order valence-corrected chi connectivity index (χ2v) is 21.4. The maximum atomic E-state index is 12.8. The van der Waals surface area contributed by atoms with E-state index in [1.807, 2.05) is 0 Å². The molecule has 0 saturated carbocycles. The fraction of sp³-hybridized carbons (Fsp3) is 0.948. The van der Waals surface area contributed by atoms with E-state index in [1.165, 1.54) is 199 Å². The first-order valence-electron chi connectivity index (χ1n) is 28.6. The molecule has 6 nitrogen and oxygen atoms in total. The third-order valence-electron chi connectivity index (χ3n) is 13.1. The van der Waals surface area contributed by atoms with Gasteiger partial charge in [-0.05, 0) is 37.0 Å². The van der Waals surface area contributed by atoms with Gasteiger partial charge >= 0.3 is 17.9 Å². The molecule has 1 atom stereocenters. The third-order valence-corrected chi connectivity index (χ3v) is 13.1. The molecule has 0 spiro atoms. The molecule has 0 aromatic carbocycles. The highest BCUT2D eigenvalue weighted by Crippen LogP contribution is 2.18. The van der Waals surface area contributed by atoms with Gasteiger partial charge in [0.05, 0.1) is 0 Å². The van der Waals surface area contributed by atoms with Gasteiger partial charge < -0.3 is 14.2 Å². The molecule has 0 unspecified atom stereocenters. The summed E-state index contributed by atoms with van der Waals surface area (Å²) in [6.07, 6.45) is 51.0. The van der Waals surface area contributed by atoms with Crippen molar-refractivity contribution in [3.8, 4) is 0 Å². The summed E-state index contributed by atoms with van der Waals surface area (Å²) in [4.78, 5) is 38.1. The molecule has 0 bridgehead atoms. The number of hydrogen-bond acceptors (Lipinski definition) is 6. The predicted octanol–water partition coefficient (Wildman–Crippen LogP) is 18.7. The van der Waals surface area contributed by atoms with Gasteiger partial charge in [0.25, 0.3) is 0 Å². The molecule has 0 aliphatic heterocycles. The second kappa shape index (κ2) is 49.3. The van der Waals surface area contributed by atoms with Gasteiger partial charge in [0, 0.05) is 19.3 Å². The van der Waals surface area contributed by atoms with Crippen molar-refractivity contribution in [2.45, 2.75) is 324 Å². The van der Waals surface area contributed by atoms with Gasteiger partial charge in [-0.1, -0.05) is 279 Å². The van der Waals surface area contributed by atoms with Gasteiger partial charge in [-0.15, -0.1) is 0 Å². The van der Waals surface area contributed by atoms with E-state index in [-0.39, 0.29) is 31.1 Å². The molecule has 0 radical (unpaired) electrons. The maximum absolute atomic E-state index is 12.8. The summed E-state index contributed by atoms with van der Waals surface area (Å²) in [7, 11) is 0. The zero-order chi connectivity index (χ0) is 47.0. The van der Waals surface area contributed by atoms with Crippen LogP contribution in [0.15, 0.2) is 0 Å². The van der Waals surface area contributed by atoms with Crippen LogP contribution in [0.5, 0.6) is 0 Å². The van der Waals surface area contributed by atoms with E-state index in [0.717, 1.165) is 75.5 Å². The van der Waals surface area contributed by atoms with E-state index >= 15 is 0 Å². The highest BCUT2D eigenvalue weighted by molar-refractivity contribution is 5.71. The summed E-state index contributed by atoms with van der Waals surface area (Å²) in [6.45, 7) is 13.7.